The maximum atomic E-state index is 12.3. The van der Waals surface area contributed by atoms with Gasteiger partial charge in [0.15, 0.2) is 5.69 Å². The van der Waals surface area contributed by atoms with Crippen molar-refractivity contribution in [1.82, 2.24) is 15.5 Å². The zero-order valence-electron chi connectivity index (χ0n) is 8.48. The fraction of sp³-hybridized carbons (Fsp3) is 0.333. The molecular weight excluding hydrogens is 257 g/mol. The molecule has 0 aromatic carbocycles. The average Bonchev–Trinajstić information content (AvgIpc) is 2.69. The standard InChI is InChI=1S/C9H8ClF3N4/c10-5-3-14-8(15-4-5)2-6-1-7(17-16-6)9(11,12)13/h1,3H,2,4H2,(H,14,15)(H,16,17). The summed E-state index contributed by atoms with van der Waals surface area (Å²) in [6, 6.07) is 0.962. The number of nitrogens with one attached hydrogen (secondary N) is 2. The first-order valence-electron chi connectivity index (χ1n) is 4.72. The Balaban J connectivity index is 2.08. The zero-order valence-corrected chi connectivity index (χ0v) is 9.23. The molecule has 4 nitrogen and oxygen atoms in total. The highest BCUT2D eigenvalue weighted by atomic mass is 35.5. The van der Waals surface area contributed by atoms with Crippen molar-refractivity contribution in [3.63, 3.8) is 0 Å². The molecule has 1 aromatic rings. The molecule has 8 heteroatoms. The van der Waals surface area contributed by atoms with Crippen molar-refractivity contribution >= 4 is 17.4 Å². The van der Waals surface area contributed by atoms with Crippen LogP contribution in [0, 0.1) is 0 Å². The minimum Gasteiger partial charge on any atom is -0.368 e. The average molecular weight is 265 g/mol. The number of halogens is 4. The summed E-state index contributed by atoms with van der Waals surface area (Å²) in [6.07, 6.45) is -2.74. The van der Waals surface area contributed by atoms with Gasteiger partial charge in [0.05, 0.1) is 11.6 Å². The normalized spacial score (nSPS) is 16.2. The second kappa shape index (κ2) is 4.40. The van der Waals surface area contributed by atoms with E-state index in [9.17, 15) is 13.2 Å². The van der Waals surface area contributed by atoms with Crippen LogP contribution in [0.2, 0.25) is 0 Å². The quantitative estimate of drug-likeness (QED) is 0.859. The summed E-state index contributed by atoms with van der Waals surface area (Å²) in [7, 11) is 0. The topological polar surface area (TPSA) is 53.1 Å². The summed E-state index contributed by atoms with van der Waals surface area (Å²) in [5.41, 5.74) is -0.590. The number of aromatic amines is 1. The van der Waals surface area contributed by atoms with E-state index in [4.69, 9.17) is 11.6 Å². The van der Waals surface area contributed by atoms with Crippen molar-refractivity contribution in [2.24, 2.45) is 4.99 Å². The molecule has 0 atom stereocenters. The van der Waals surface area contributed by atoms with Crippen LogP contribution in [-0.2, 0) is 12.6 Å². The van der Waals surface area contributed by atoms with Gasteiger partial charge in [0.25, 0.3) is 0 Å². The molecule has 0 aliphatic carbocycles. The van der Waals surface area contributed by atoms with E-state index < -0.39 is 11.9 Å². The molecule has 0 amide bonds. The lowest BCUT2D eigenvalue weighted by molar-refractivity contribution is -0.141. The summed E-state index contributed by atoms with van der Waals surface area (Å²) >= 11 is 5.67. The fourth-order valence-electron chi connectivity index (χ4n) is 1.31. The van der Waals surface area contributed by atoms with Gasteiger partial charge < -0.3 is 5.32 Å². The predicted octanol–water partition coefficient (Wildman–Crippen LogP) is 2.05. The summed E-state index contributed by atoms with van der Waals surface area (Å²) in [4.78, 5) is 3.96. The number of hydrogen-bond acceptors (Lipinski definition) is 3. The smallest absolute Gasteiger partial charge is 0.368 e. The van der Waals surface area contributed by atoms with Gasteiger partial charge in [-0.2, -0.15) is 18.3 Å². The second-order valence-corrected chi connectivity index (χ2v) is 3.94. The van der Waals surface area contributed by atoms with Crippen LogP contribution in [0.4, 0.5) is 13.2 Å². The lowest BCUT2D eigenvalue weighted by Crippen LogP contribution is -2.28. The number of aromatic nitrogens is 2. The monoisotopic (exact) mass is 264 g/mol. The van der Waals surface area contributed by atoms with Crippen LogP contribution >= 0.6 is 11.6 Å². The summed E-state index contributed by atoms with van der Waals surface area (Å²) in [5, 5.41) is 8.96. The van der Waals surface area contributed by atoms with Crippen LogP contribution in [0.5, 0.6) is 0 Å². The third kappa shape index (κ3) is 3.00. The fourth-order valence-corrected chi connectivity index (χ4v) is 1.43. The number of hydrogen-bond donors (Lipinski definition) is 2. The highest BCUT2D eigenvalue weighted by Crippen LogP contribution is 2.27. The van der Waals surface area contributed by atoms with E-state index in [0.717, 1.165) is 6.07 Å². The van der Waals surface area contributed by atoms with Crippen molar-refractivity contribution in [2.45, 2.75) is 12.6 Å². The molecule has 0 saturated heterocycles. The molecular formula is C9H8ClF3N4. The van der Waals surface area contributed by atoms with Gasteiger partial charge in [-0.15, -0.1) is 0 Å². The first kappa shape index (κ1) is 12.0. The van der Waals surface area contributed by atoms with Crippen LogP contribution in [0.3, 0.4) is 0 Å². The Hall–Kier alpha value is -1.50. The molecule has 0 radical (unpaired) electrons. The number of nitrogens with zero attached hydrogens (tertiary/aromatic N) is 2. The molecule has 0 unspecified atom stereocenters. The maximum absolute atomic E-state index is 12.3. The minimum atomic E-state index is -4.43. The molecule has 1 aromatic heterocycles. The van der Waals surface area contributed by atoms with Gasteiger partial charge in [-0.1, -0.05) is 11.6 Å². The van der Waals surface area contributed by atoms with Gasteiger partial charge in [0, 0.05) is 18.3 Å². The van der Waals surface area contributed by atoms with Gasteiger partial charge in [0.1, 0.15) is 5.84 Å². The predicted molar refractivity (Wildman–Crippen MR) is 56.7 cm³/mol. The van der Waals surface area contributed by atoms with E-state index in [0.29, 0.717) is 23.1 Å². The lowest BCUT2D eigenvalue weighted by Gasteiger charge is -2.11. The van der Waals surface area contributed by atoms with E-state index in [-0.39, 0.29) is 6.42 Å². The summed E-state index contributed by atoms with van der Waals surface area (Å²) in [5.74, 6) is 0.548. The molecule has 0 bridgehead atoms. The number of alkyl halides is 3. The second-order valence-electron chi connectivity index (χ2n) is 3.46. The highest BCUT2D eigenvalue weighted by Gasteiger charge is 2.33. The van der Waals surface area contributed by atoms with E-state index in [2.05, 4.69) is 20.5 Å². The largest absolute Gasteiger partial charge is 0.435 e. The van der Waals surface area contributed by atoms with Gasteiger partial charge in [0.2, 0.25) is 0 Å². The van der Waals surface area contributed by atoms with Crippen LogP contribution < -0.4 is 5.32 Å². The molecule has 0 saturated carbocycles. The van der Waals surface area contributed by atoms with Crippen LogP contribution in [0.1, 0.15) is 11.4 Å². The van der Waals surface area contributed by atoms with Crippen molar-refractivity contribution in [3.8, 4) is 0 Å². The number of amidine groups is 1. The van der Waals surface area contributed by atoms with Gasteiger partial charge in [-0.05, 0) is 6.07 Å². The molecule has 1 aliphatic heterocycles. The lowest BCUT2D eigenvalue weighted by atomic mass is 10.2. The SMILES string of the molecule is FC(F)(F)c1cc(CC2=NC=C(Cl)CN2)[nH]n1. The molecule has 17 heavy (non-hydrogen) atoms. The maximum Gasteiger partial charge on any atom is 0.435 e. The minimum absolute atomic E-state index is 0.226. The zero-order chi connectivity index (χ0) is 12.5. The third-order valence-electron chi connectivity index (χ3n) is 2.10. The first-order chi connectivity index (χ1) is 7.95. The molecule has 1 aliphatic rings. The van der Waals surface area contributed by atoms with Crippen molar-refractivity contribution in [3.05, 3.63) is 28.7 Å². The third-order valence-corrected chi connectivity index (χ3v) is 2.33. The van der Waals surface area contributed by atoms with Crippen molar-refractivity contribution in [2.75, 3.05) is 6.54 Å². The van der Waals surface area contributed by atoms with E-state index >= 15 is 0 Å². The molecule has 2 N–H and O–H groups in total. The van der Waals surface area contributed by atoms with Crippen molar-refractivity contribution < 1.29 is 13.2 Å². The van der Waals surface area contributed by atoms with E-state index in [1.54, 1.807) is 0 Å². The first-order valence-corrected chi connectivity index (χ1v) is 5.09. The van der Waals surface area contributed by atoms with Crippen molar-refractivity contribution in [1.29, 1.82) is 0 Å². The molecule has 0 spiro atoms. The molecule has 2 heterocycles. The van der Waals surface area contributed by atoms with Gasteiger partial charge in [-0.3, -0.25) is 5.10 Å². The van der Waals surface area contributed by atoms with E-state index in [1.807, 2.05) is 0 Å². The number of H-pyrrole nitrogens is 1. The Morgan fingerprint density at radius 1 is 1.41 bits per heavy atom. The van der Waals surface area contributed by atoms with Crippen LogP contribution in [-0.4, -0.2) is 22.6 Å². The number of rotatable bonds is 2. The Bertz CT molecular complexity index is 475. The summed E-state index contributed by atoms with van der Waals surface area (Å²) < 4.78 is 36.8. The Labute approximate surface area is 99.6 Å². The highest BCUT2D eigenvalue weighted by molar-refractivity contribution is 6.30. The Kier molecular flexibility index (Phi) is 3.10. The number of aliphatic imine (C=N–C) groups is 1. The van der Waals surface area contributed by atoms with Gasteiger partial charge >= 0.3 is 6.18 Å². The van der Waals surface area contributed by atoms with Gasteiger partial charge in [-0.25, -0.2) is 4.99 Å². The van der Waals surface area contributed by atoms with Crippen LogP contribution in [0.15, 0.2) is 22.3 Å². The Morgan fingerprint density at radius 3 is 2.71 bits per heavy atom. The van der Waals surface area contributed by atoms with Crippen LogP contribution in [0.25, 0.3) is 0 Å². The molecule has 2 rings (SSSR count). The summed E-state index contributed by atoms with van der Waals surface area (Å²) in [6.45, 7) is 0.431. The molecule has 92 valence electrons. The molecule has 0 fully saturated rings. The van der Waals surface area contributed by atoms with E-state index in [1.165, 1.54) is 6.20 Å². The Morgan fingerprint density at radius 2 is 2.18 bits per heavy atom.